The molecule has 0 aliphatic carbocycles. The topological polar surface area (TPSA) is 12.4 Å². The van der Waals surface area contributed by atoms with Gasteiger partial charge in [0.25, 0.3) is 0 Å². The van der Waals surface area contributed by atoms with E-state index in [-0.39, 0.29) is 17.7 Å². The lowest BCUT2D eigenvalue weighted by Gasteiger charge is -2.13. The Bertz CT molecular complexity index is 875. The molecule has 26 heavy (non-hydrogen) atoms. The zero-order valence-electron chi connectivity index (χ0n) is 13.5. The quantitative estimate of drug-likeness (QED) is 0.542. The minimum atomic E-state index is -4.50. The third-order valence-electron chi connectivity index (χ3n) is 3.96. The molecule has 2 aromatic carbocycles. The third-order valence-corrected chi connectivity index (χ3v) is 3.96. The van der Waals surface area contributed by atoms with Crippen LogP contribution in [-0.4, -0.2) is 5.71 Å². The fraction of sp³-hybridized carbons (Fsp3) is 0.150. The molecule has 3 rings (SSSR count). The lowest BCUT2D eigenvalue weighted by Crippen LogP contribution is -2.06. The highest BCUT2D eigenvalue weighted by Crippen LogP contribution is 2.33. The Kier molecular flexibility index (Phi) is 5.02. The molecule has 134 valence electrons. The lowest BCUT2D eigenvalue weighted by atomic mass is 10.0. The average Bonchev–Trinajstić information content (AvgIpc) is 2.63. The fourth-order valence-corrected chi connectivity index (χ4v) is 2.63. The van der Waals surface area contributed by atoms with Crippen molar-refractivity contribution in [3.63, 3.8) is 0 Å². The van der Waals surface area contributed by atoms with Gasteiger partial charge in [-0.25, -0.2) is 13.8 Å². The molecule has 1 heterocycles. The van der Waals surface area contributed by atoms with Crippen LogP contribution in [0.15, 0.2) is 77.3 Å². The van der Waals surface area contributed by atoms with E-state index in [9.17, 15) is 22.0 Å². The summed E-state index contributed by atoms with van der Waals surface area (Å²) in [4.78, 5) is 4.26. The Morgan fingerprint density at radius 2 is 1.46 bits per heavy atom. The summed E-state index contributed by atoms with van der Waals surface area (Å²) < 4.78 is 66.6. The van der Waals surface area contributed by atoms with Crippen LogP contribution in [0.5, 0.6) is 0 Å². The number of halogens is 5. The number of aliphatic imine (C=N–C) groups is 1. The molecule has 0 amide bonds. The van der Waals surface area contributed by atoms with Gasteiger partial charge in [0.1, 0.15) is 5.70 Å². The molecule has 0 unspecified atom stereocenters. The number of allylic oxidation sites excluding steroid dienone is 3. The average molecular weight is 363 g/mol. The summed E-state index contributed by atoms with van der Waals surface area (Å²) in [6.45, 7) is 0. The summed E-state index contributed by atoms with van der Waals surface area (Å²) in [5.74, 6) is -2.24. The monoisotopic (exact) mass is 363 g/mol. The summed E-state index contributed by atoms with van der Waals surface area (Å²) >= 11 is 0. The van der Waals surface area contributed by atoms with Crippen LogP contribution in [0, 0.1) is 0 Å². The van der Waals surface area contributed by atoms with Crippen LogP contribution in [0.1, 0.15) is 29.5 Å². The number of benzene rings is 2. The molecular weight excluding hydrogens is 349 g/mol. The lowest BCUT2D eigenvalue weighted by molar-refractivity contribution is -0.137. The van der Waals surface area contributed by atoms with Crippen molar-refractivity contribution >= 4 is 11.4 Å². The highest BCUT2D eigenvalue weighted by atomic mass is 19.4. The van der Waals surface area contributed by atoms with Gasteiger partial charge in [-0.3, -0.25) is 0 Å². The Hall–Kier alpha value is -2.76. The van der Waals surface area contributed by atoms with E-state index in [1.807, 2.05) is 6.07 Å². The van der Waals surface area contributed by atoms with E-state index in [0.29, 0.717) is 12.1 Å². The predicted octanol–water partition coefficient (Wildman–Crippen LogP) is 6.48. The van der Waals surface area contributed by atoms with E-state index in [2.05, 4.69) is 4.99 Å². The summed E-state index contributed by atoms with van der Waals surface area (Å²) in [5, 5.41) is 0. The summed E-state index contributed by atoms with van der Waals surface area (Å²) in [6, 6.07) is 12.8. The molecule has 1 aliphatic heterocycles. The van der Waals surface area contributed by atoms with E-state index in [0.717, 1.165) is 35.9 Å². The molecule has 2 aromatic rings. The van der Waals surface area contributed by atoms with Crippen LogP contribution in [0.4, 0.5) is 22.0 Å². The number of nitrogens with zero attached hydrogens (tertiary/aromatic N) is 1. The van der Waals surface area contributed by atoms with Crippen LogP contribution in [0.25, 0.3) is 5.70 Å². The molecule has 0 fully saturated rings. The van der Waals surface area contributed by atoms with Crippen molar-refractivity contribution in [2.75, 3.05) is 0 Å². The number of alkyl halides is 3. The van der Waals surface area contributed by atoms with Gasteiger partial charge in [-0.1, -0.05) is 42.5 Å². The van der Waals surface area contributed by atoms with Gasteiger partial charge in [0.15, 0.2) is 11.7 Å². The molecule has 0 aromatic heterocycles. The molecular formula is C20H14F5N. The first-order valence-electron chi connectivity index (χ1n) is 7.92. The maximum absolute atomic E-state index is 14.5. The van der Waals surface area contributed by atoms with E-state index >= 15 is 0 Å². The van der Waals surface area contributed by atoms with Gasteiger partial charge >= 0.3 is 6.18 Å². The molecule has 1 aliphatic rings. The first kappa shape index (κ1) is 18.0. The van der Waals surface area contributed by atoms with Crippen LogP contribution >= 0.6 is 0 Å². The van der Waals surface area contributed by atoms with Crippen molar-refractivity contribution in [1.29, 1.82) is 0 Å². The smallest absolute Gasteiger partial charge is 0.249 e. The summed E-state index contributed by atoms with van der Waals surface area (Å²) in [5.41, 5.74) is 0.191. The SMILES string of the molecule is FC1=C/CCC(c2ccccc2)=N/C(c2ccc(C(F)(F)F)cc2)=C\1F. The van der Waals surface area contributed by atoms with Crippen molar-refractivity contribution in [3.8, 4) is 0 Å². The summed E-state index contributed by atoms with van der Waals surface area (Å²) in [6.07, 6.45) is -2.73. The second kappa shape index (κ2) is 7.23. The Morgan fingerprint density at radius 3 is 2.08 bits per heavy atom. The molecule has 0 spiro atoms. The van der Waals surface area contributed by atoms with Crippen molar-refractivity contribution in [2.24, 2.45) is 4.99 Å². The molecule has 6 heteroatoms. The van der Waals surface area contributed by atoms with Gasteiger partial charge in [-0.15, -0.1) is 0 Å². The second-order valence-corrected chi connectivity index (χ2v) is 5.75. The Balaban J connectivity index is 2.10. The molecule has 0 saturated heterocycles. The fourth-order valence-electron chi connectivity index (χ4n) is 2.63. The van der Waals surface area contributed by atoms with E-state index in [4.69, 9.17) is 0 Å². The van der Waals surface area contributed by atoms with E-state index in [1.165, 1.54) is 0 Å². The van der Waals surface area contributed by atoms with Gasteiger partial charge in [0, 0.05) is 11.3 Å². The largest absolute Gasteiger partial charge is 0.416 e. The minimum absolute atomic E-state index is 0.0781. The molecule has 0 saturated carbocycles. The van der Waals surface area contributed by atoms with Gasteiger partial charge in [-0.2, -0.15) is 13.2 Å². The predicted molar refractivity (Wildman–Crippen MR) is 90.9 cm³/mol. The van der Waals surface area contributed by atoms with Crippen molar-refractivity contribution in [3.05, 3.63) is 89.0 Å². The maximum Gasteiger partial charge on any atom is 0.416 e. The van der Waals surface area contributed by atoms with Crippen LogP contribution in [-0.2, 0) is 6.18 Å². The van der Waals surface area contributed by atoms with Crippen LogP contribution < -0.4 is 0 Å². The zero-order valence-corrected chi connectivity index (χ0v) is 13.5. The van der Waals surface area contributed by atoms with Gasteiger partial charge in [0.2, 0.25) is 0 Å². The Morgan fingerprint density at radius 1 is 0.808 bits per heavy atom. The van der Waals surface area contributed by atoms with Gasteiger partial charge in [0.05, 0.1) is 5.56 Å². The number of hydrogen-bond acceptors (Lipinski definition) is 1. The van der Waals surface area contributed by atoms with Crippen molar-refractivity contribution in [1.82, 2.24) is 0 Å². The van der Waals surface area contributed by atoms with Gasteiger partial charge < -0.3 is 0 Å². The zero-order chi connectivity index (χ0) is 18.7. The molecule has 0 radical (unpaired) electrons. The highest BCUT2D eigenvalue weighted by molar-refractivity contribution is 6.04. The first-order valence-corrected chi connectivity index (χ1v) is 7.92. The molecule has 1 nitrogen and oxygen atoms in total. The molecule has 0 bridgehead atoms. The highest BCUT2D eigenvalue weighted by Gasteiger charge is 2.30. The van der Waals surface area contributed by atoms with Crippen molar-refractivity contribution in [2.45, 2.75) is 19.0 Å². The van der Waals surface area contributed by atoms with E-state index < -0.39 is 23.4 Å². The standard InChI is InChI=1S/C20H14F5N/c21-16-7-4-8-17(13-5-2-1-3-6-13)26-19(18(16)22)14-9-11-15(12-10-14)20(23,24)25/h1-3,5-7,9-12H,4,8H2/b16-7+,19-18+,26-17?. The second-order valence-electron chi connectivity index (χ2n) is 5.75. The van der Waals surface area contributed by atoms with Crippen LogP contribution in [0.3, 0.4) is 0 Å². The normalized spacial score (nSPS) is 20.7. The third kappa shape index (κ3) is 3.90. The number of rotatable bonds is 2. The minimum Gasteiger partial charge on any atom is -0.249 e. The number of hydrogen-bond donors (Lipinski definition) is 0. The van der Waals surface area contributed by atoms with Gasteiger partial charge in [-0.05, 0) is 36.6 Å². The Labute approximate surface area is 147 Å². The van der Waals surface area contributed by atoms with Crippen molar-refractivity contribution < 1.29 is 22.0 Å². The van der Waals surface area contributed by atoms with Crippen LogP contribution in [0.2, 0.25) is 0 Å². The summed E-state index contributed by atoms with van der Waals surface area (Å²) in [7, 11) is 0. The van der Waals surface area contributed by atoms with E-state index in [1.54, 1.807) is 24.3 Å². The first-order chi connectivity index (χ1) is 12.4. The molecule has 0 N–H and O–H groups in total. The molecule has 0 atom stereocenters. The maximum atomic E-state index is 14.5.